The van der Waals surface area contributed by atoms with Crippen LogP contribution in [0.5, 0.6) is 0 Å². The molecule has 4 rings (SSSR count). The van der Waals surface area contributed by atoms with Crippen molar-refractivity contribution >= 4 is 17.8 Å². The summed E-state index contributed by atoms with van der Waals surface area (Å²) in [4.78, 5) is 37.8. The van der Waals surface area contributed by atoms with Crippen molar-refractivity contribution in [2.24, 2.45) is 35.3 Å². The third-order valence-electron chi connectivity index (χ3n) is 6.53. The summed E-state index contributed by atoms with van der Waals surface area (Å²) < 4.78 is 5.39. The molecule has 6 nitrogen and oxygen atoms in total. The number of rotatable bonds is 8. The second-order valence-corrected chi connectivity index (χ2v) is 8.19. The van der Waals surface area contributed by atoms with Crippen LogP contribution < -0.4 is 5.73 Å². The normalized spacial score (nSPS) is 29.9. The van der Waals surface area contributed by atoms with Crippen LogP contribution in [-0.4, -0.2) is 35.8 Å². The molecule has 0 heterocycles. The van der Waals surface area contributed by atoms with E-state index in [0.717, 1.165) is 30.2 Å². The topological polar surface area (TPSA) is 89.7 Å². The number of hydrogen-bond acceptors (Lipinski definition) is 4. The maximum Gasteiger partial charge on any atom is 0.309 e. The van der Waals surface area contributed by atoms with Gasteiger partial charge in [0.15, 0.2) is 6.61 Å². The van der Waals surface area contributed by atoms with Gasteiger partial charge in [-0.15, -0.1) is 0 Å². The highest BCUT2D eigenvalue weighted by Crippen LogP contribution is 2.67. The van der Waals surface area contributed by atoms with Crippen LogP contribution in [0.1, 0.15) is 31.2 Å². The van der Waals surface area contributed by atoms with Crippen LogP contribution in [0.15, 0.2) is 30.3 Å². The molecule has 3 saturated carbocycles. The molecule has 5 unspecified atom stereocenters. The standard InChI is InChI=1S/C21H26N2O4/c22-19(24)6-7-23(11-13-4-2-1-3-5-13)20(25)12-27-21(26)18-9-14-8-16(18)17-10-15(14)17/h1-5,14-18H,6-12H2,(H2,22,24). The Labute approximate surface area is 159 Å². The first-order chi connectivity index (χ1) is 13.0. The number of carbonyl (C=O) groups is 3. The molecule has 3 fully saturated rings. The van der Waals surface area contributed by atoms with Crippen LogP contribution in [0.25, 0.3) is 0 Å². The molecule has 27 heavy (non-hydrogen) atoms. The molecule has 2 amide bonds. The van der Waals surface area contributed by atoms with Gasteiger partial charge in [-0.25, -0.2) is 0 Å². The first kappa shape index (κ1) is 18.0. The van der Waals surface area contributed by atoms with Gasteiger partial charge in [0.25, 0.3) is 5.91 Å². The highest BCUT2D eigenvalue weighted by atomic mass is 16.5. The molecular formula is C21H26N2O4. The van der Waals surface area contributed by atoms with Crippen molar-refractivity contribution in [3.8, 4) is 0 Å². The molecule has 2 N–H and O–H groups in total. The van der Waals surface area contributed by atoms with Gasteiger partial charge in [0.1, 0.15) is 0 Å². The number of esters is 1. The van der Waals surface area contributed by atoms with E-state index in [9.17, 15) is 14.4 Å². The molecule has 1 aromatic rings. The predicted octanol–water partition coefficient (Wildman–Crippen LogP) is 1.73. The number of amides is 2. The number of fused-ring (bicyclic) bond motifs is 5. The molecule has 144 valence electrons. The summed E-state index contributed by atoms with van der Waals surface area (Å²) in [5.41, 5.74) is 6.18. The third-order valence-corrected chi connectivity index (χ3v) is 6.53. The number of hydrogen-bond donors (Lipinski definition) is 1. The van der Waals surface area contributed by atoms with Crippen molar-refractivity contribution in [1.82, 2.24) is 4.90 Å². The highest BCUT2D eigenvalue weighted by molar-refractivity contribution is 5.82. The number of primary amides is 1. The van der Waals surface area contributed by atoms with E-state index in [1.54, 1.807) is 0 Å². The number of benzene rings is 1. The Bertz CT molecular complexity index is 735. The van der Waals surface area contributed by atoms with Gasteiger partial charge in [-0.05, 0) is 48.5 Å². The number of nitrogens with zero attached hydrogens (tertiary/aromatic N) is 1. The zero-order valence-electron chi connectivity index (χ0n) is 15.4. The van der Waals surface area contributed by atoms with E-state index in [-0.39, 0.29) is 37.4 Å². The predicted molar refractivity (Wildman–Crippen MR) is 97.9 cm³/mol. The molecule has 3 aliphatic carbocycles. The van der Waals surface area contributed by atoms with Gasteiger partial charge in [-0.1, -0.05) is 30.3 Å². The fraction of sp³-hybridized carbons (Fsp3) is 0.571. The molecule has 6 heteroatoms. The third kappa shape index (κ3) is 3.84. The molecule has 1 aromatic carbocycles. The summed E-state index contributed by atoms with van der Waals surface area (Å²) >= 11 is 0. The Morgan fingerprint density at radius 1 is 1.04 bits per heavy atom. The van der Waals surface area contributed by atoms with Crippen molar-refractivity contribution in [1.29, 1.82) is 0 Å². The number of nitrogens with two attached hydrogens (primary N) is 1. The smallest absolute Gasteiger partial charge is 0.309 e. The maximum atomic E-state index is 12.6. The quantitative estimate of drug-likeness (QED) is 0.706. The van der Waals surface area contributed by atoms with E-state index in [1.807, 2.05) is 30.3 Å². The van der Waals surface area contributed by atoms with Crippen LogP contribution in [0.2, 0.25) is 0 Å². The van der Waals surface area contributed by atoms with E-state index in [0.29, 0.717) is 18.4 Å². The van der Waals surface area contributed by atoms with E-state index >= 15 is 0 Å². The highest BCUT2D eigenvalue weighted by Gasteiger charge is 2.62. The van der Waals surface area contributed by atoms with Gasteiger partial charge in [0.2, 0.25) is 5.91 Å². The fourth-order valence-corrected chi connectivity index (χ4v) is 5.15. The lowest BCUT2D eigenvalue weighted by molar-refractivity contribution is -0.157. The van der Waals surface area contributed by atoms with Gasteiger partial charge >= 0.3 is 5.97 Å². The van der Waals surface area contributed by atoms with Crippen molar-refractivity contribution in [2.45, 2.75) is 32.2 Å². The maximum absolute atomic E-state index is 12.6. The second-order valence-electron chi connectivity index (χ2n) is 8.19. The average Bonchev–Trinajstić information content (AvgIpc) is 3.27. The van der Waals surface area contributed by atoms with E-state index in [2.05, 4.69) is 0 Å². The lowest BCUT2D eigenvalue weighted by atomic mass is 9.89. The van der Waals surface area contributed by atoms with Crippen LogP contribution in [-0.2, 0) is 25.7 Å². The summed E-state index contributed by atoms with van der Waals surface area (Å²) in [5.74, 6) is 1.74. The zero-order chi connectivity index (χ0) is 19.0. The lowest BCUT2D eigenvalue weighted by Gasteiger charge is -2.24. The summed E-state index contributed by atoms with van der Waals surface area (Å²) in [6.07, 6.45) is 3.44. The van der Waals surface area contributed by atoms with Gasteiger partial charge < -0.3 is 15.4 Å². The van der Waals surface area contributed by atoms with E-state index in [1.165, 1.54) is 11.3 Å². The van der Waals surface area contributed by atoms with Crippen molar-refractivity contribution in [3.05, 3.63) is 35.9 Å². The minimum atomic E-state index is -0.459. The first-order valence-electron chi connectivity index (χ1n) is 9.79. The van der Waals surface area contributed by atoms with Gasteiger partial charge in [0, 0.05) is 19.5 Å². The first-order valence-corrected chi connectivity index (χ1v) is 9.79. The Kier molecular flexibility index (Phi) is 4.89. The monoisotopic (exact) mass is 370 g/mol. The van der Waals surface area contributed by atoms with Crippen LogP contribution in [0.4, 0.5) is 0 Å². The average molecular weight is 370 g/mol. The Balaban J connectivity index is 1.31. The molecule has 3 aliphatic rings. The van der Waals surface area contributed by atoms with Gasteiger partial charge in [-0.2, -0.15) is 0 Å². The molecule has 0 aromatic heterocycles. The van der Waals surface area contributed by atoms with Crippen molar-refractivity contribution < 1.29 is 19.1 Å². The van der Waals surface area contributed by atoms with Crippen molar-refractivity contribution in [2.75, 3.05) is 13.2 Å². The summed E-state index contributed by atoms with van der Waals surface area (Å²) in [6, 6.07) is 9.52. The Morgan fingerprint density at radius 3 is 2.48 bits per heavy atom. The van der Waals surface area contributed by atoms with Crippen molar-refractivity contribution in [3.63, 3.8) is 0 Å². The van der Waals surface area contributed by atoms with Crippen LogP contribution >= 0.6 is 0 Å². The molecule has 0 radical (unpaired) electrons. The largest absolute Gasteiger partial charge is 0.455 e. The van der Waals surface area contributed by atoms with E-state index in [4.69, 9.17) is 10.5 Å². The molecule has 5 atom stereocenters. The molecule has 2 bridgehead atoms. The number of ether oxygens (including phenoxy) is 1. The summed E-state index contributed by atoms with van der Waals surface area (Å²) in [6.45, 7) is 0.313. The molecule has 0 saturated heterocycles. The van der Waals surface area contributed by atoms with Crippen LogP contribution in [0.3, 0.4) is 0 Å². The van der Waals surface area contributed by atoms with E-state index < -0.39 is 5.91 Å². The Hall–Kier alpha value is -2.37. The summed E-state index contributed by atoms with van der Waals surface area (Å²) in [7, 11) is 0. The molecule has 0 aliphatic heterocycles. The second kappa shape index (κ2) is 7.33. The fourth-order valence-electron chi connectivity index (χ4n) is 5.15. The molecule has 0 spiro atoms. The number of carbonyl (C=O) groups excluding carboxylic acids is 3. The summed E-state index contributed by atoms with van der Waals surface area (Å²) in [5, 5.41) is 0. The van der Waals surface area contributed by atoms with Gasteiger partial charge in [0.05, 0.1) is 5.92 Å². The minimum absolute atomic E-state index is 0.0280. The lowest BCUT2D eigenvalue weighted by Crippen LogP contribution is -2.37. The van der Waals surface area contributed by atoms with Crippen LogP contribution in [0, 0.1) is 29.6 Å². The SMILES string of the molecule is NC(=O)CCN(Cc1ccccc1)C(=O)COC(=O)C1CC2CC1C1CC21. The minimum Gasteiger partial charge on any atom is -0.455 e. The zero-order valence-corrected chi connectivity index (χ0v) is 15.4. The van der Waals surface area contributed by atoms with Gasteiger partial charge in [-0.3, -0.25) is 14.4 Å². The molecular weight excluding hydrogens is 344 g/mol. The Morgan fingerprint density at radius 2 is 1.81 bits per heavy atom.